The van der Waals surface area contributed by atoms with Crippen molar-refractivity contribution in [2.45, 2.75) is 19.3 Å². The molecule has 0 radical (unpaired) electrons. The molecule has 96 valence electrons. The Kier molecular flexibility index (Phi) is 3.18. The Labute approximate surface area is 112 Å². The summed E-state index contributed by atoms with van der Waals surface area (Å²) >= 11 is 5.17. The number of nitrogens with zero attached hydrogens (tertiary/aromatic N) is 2. The van der Waals surface area contributed by atoms with E-state index in [1.165, 1.54) is 17.7 Å². The molecule has 4 nitrogen and oxygen atoms in total. The van der Waals surface area contributed by atoms with Gasteiger partial charge in [0.25, 0.3) is 0 Å². The lowest BCUT2D eigenvalue weighted by atomic mass is 10.1. The third-order valence-corrected chi connectivity index (χ3v) is 3.83. The smallest absolute Gasteiger partial charge is 0.139 e. The van der Waals surface area contributed by atoms with Crippen LogP contribution in [0, 0.1) is 0 Å². The molecule has 3 rings (SSSR count). The first-order valence-electron chi connectivity index (χ1n) is 6.41. The zero-order chi connectivity index (χ0) is 12.5. The van der Waals surface area contributed by atoms with Crippen LogP contribution in [0.15, 0.2) is 6.07 Å². The zero-order valence-corrected chi connectivity index (χ0v) is 11.1. The SMILES string of the molecule is NC(=S)c1cc2c(nc1N1CCOCC1)CCC2. The molecule has 1 aliphatic carbocycles. The summed E-state index contributed by atoms with van der Waals surface area (Å²) in [6.07, 6.45) is 3.36. The molecule has 1 saturated heterocycles. The molecule has 5 heteroatoms. The van der Waals surface area contributed by atoms with Crippen LogP contribution < -0.4 is 10.6 Å². The molecule has 0 atom stereocenters. The number of fused-ring (bicyclic) bond motifs is 1. The van der Waals surface area contributed by atoms with Gasteiger partial charge in [-0.25, -0.2) is 4.98 Å². The number of hydrogen-bond acceptors (Lipinski definition) is 4. The minimum Gasteiger partial charge on any atom is -0.389 e. The predicted octanol–water partition coefficient (Wildman–Crippen LogP) is 1.04. The summed E-state index contributed by atoms with van der Waals surface area (Å²) in [6.45, 7) is 3.22. The van der Waals surface area contributed by atoms with Gasteiger partial charge in [-0.3, -0.25) is 0 Å². The van der Waals surface area contributed by atoms with E-state index in [9.17, 15) is 0 Å². The van der Waals surface area contributed by atoms with Gasteiger partial charge in [0, 0.05) is 18.8 Å². The van der Waals surface area contributed by atoms with Gasteiger partial charge in [0.15, 0.2) is 0 Å². The van der Waals surface area contributed by atoms with Crippen LogP contribution in [0.3, 0.4) is 0 Å². The van der Waals surface area contributed by atoms with Gasteiger partial charge in [-0.2, -0.15) is 0 Å². The lowest BCUT2D eigenvalue weighted by molar-refractivity contribution is 0.122. The number of rotatable bonds is 2. The first-order valence-corrected chi connectivity index (χ1v) is 6.82. The average Bonchev–Trinajstić information content (AvgIpc) is 2.85. The fraction of sp³-hybridized carbons (Fsp3) is 0.538. The molecular formula is C13H17N3OS. The molecule has 1 aliphatic heterocycles. The van der Waals surface area contributed by atoms with Gasteiger partial charge in [-0.15, -0.1) is 0 Å². The highest BCUT2D eigenvalue weighted by Crippen LogP contribution is 2.27. The normalized spacial score (nSPS) is 18.8. The maximum absolute atomic E-state index is 5.85. The van der Waals surface area contributed by atoms with Crippen LogP contribution in [0.1, 0.15) is 23.2 Å². The Morgan fingerprint density at radius 2 is 2.11 bits per heavy atom. The molecule has 0 bridgehead atoms. The Morgan fingerprint density at radius 1 is 1.33 bits per heavy atom. The van der Waals surface area contributed by atoms with Crippen molar-refractivity contribution < 1.29 is 4.74 Å². The van der Waals surface area contributed by atoms with E-state index in [0.717, 1.165) is 50.5 Å². The minimum absolute atomic E-state index is 0.443. The van der Waals surface area contributed by atoms with E-state index in [2.05, 4.69) is 11.0 Å². The molecule has 2 heterocycles. The van der Waals surface area contributed by atoms with Crippen LogP contribution in [0.25, 0.3) is 0 Å². The number of nitrogens with two attached hydrogens (primary N) is 1. The van der Waals surface area contributed by atoms with Gasteiger partial charge in [0.2, 0.25) is 0 Å². The van der Waals surface area contributed by atoms with E-state index in [1.54, 1.807) is 0 Å². The number of morpholine rings is 1. The second kappa shape index (κ2) is 4.82. The van der Waals surface area contributed by atoms with E-state index < -0.39 is 0 Å². The minimum atomic E-state index is 0.443. The van der Waals surface area contributed by atoms with Crippen molar-refractivity contribution in [3.05, 3.63) is 22.9 Å². The van der Waals surface area contributed by atoms with Crippen molar-refractivity contribution in [3.8, 4) is 0 Å². The molecule has 1 aromatic rings. The Hall–Kier alpha value is -1.20. The van der Waals surface area contributed by atoms with Crippen molar-refractivity contribution in [2.75, 3.05) is 31.2 Å². The number of anilines is 1. The Morgan fingerprint density at radius 3 is 2.83 bits per heavy atom. The second-order valence-corrected chi connectivity index (χ2v) is 5.22. The van der Waals surface area contributed by atoms with Crippen LogP contribution in [0.2, 0.25) is 0 Å². The highest BCUT2D eigenvalue weighted by molar-refractivity contribution is 7.80. The largest absolute Gasteiger partial charge is 0.389 e. The zero-order valence-electron chi connectivity index (χ0n) is 10.3. The van der Waals surface area contributed by atoms with Crippen LogP contribution in [0.5, 0.6) is 0 Å². The second-order valence-electron chi connectivity index (χ2n) is 4.78. The summed E-state index contributed by atoms with van der Waals surface area (Å²) in [5.41, 5.74) is 9.31. The van der Waals surface area contributed by atoms with E-state index in [1.807, 2.05) is 0 Å². The van der Waals surface area contributed by atoms with Crippen molar-refractivity contribution in [3.63, 3.8) is 0 Å². The fourth-order valence-electron chi connectivity index (χ4n) is 2.66. The standard InChI is InChI=1S/C13H17N3OS/c14-12(18)10-8-9-2-1-3-11(9)15-13(10)16-4-6-17-7-5-16/h8H,1-7H2,(H2,14,18). The Balaban J connectivity index is 2.02. The molecule has 1 aromatic heterocycles. The summed E-state index contributed by atoms with van der Waals surface area (Å²) in [5.74, 6) is 0.950. The maximum atomic E-state index is 5.85. The molecular weight excluding hydrogens is 246 g/mol. The van der Waals surface area contributed by atoms with E-state index in [4.69, 9.17) is 27.7 Å². The summed E-state index contributed by atoms with van der Waals surface area (Å²) in [6, 6.07) is 2.14. The molecule has 0 unspecified atom stereocenters. The molecule has 2 aliphatic rings. The van der Waals surface area contributed by atoms with Gasteiger partial charge >= 0.3 is 0 Å². The number of pyridine rings is 1. The quantitative estimate of drug-likeness (QED) is 0.808. The molecule has 0 aromatic carbocycles. The summed E-state index contributed by atoms with van der Waals surface area (Å²) in [5, 5.41) is 0. The molecule has 2 N–H and O–H groups in total. The van der Waals surface area contributed by atoms with Gasteiger partial charge < -0.3 is 15.4 Å². The molecule has 18 heavy (non-hydrogen) atoms. The lowest BCUT2D eigenvalue weighted by Crippen LogP contribution is -2.38. The summed E-state index contributed by atoms with van der Waals surface area (Å²) in [7, 11) is 0. The third-order valence-electron chi connectivity index (χ3n) is 3.61. The topological polar surface area (TPSA) is 51.4 Å². The van der Waals surface area contributed by atoms with E-state index in [-0.39, 0.29) is 0 Å². The van der Waals surface area contributed by atoms with Crippen LogP contribution in [-0.2, 0) is 17.6 Å². The summed E-state index contributed by atoms with van der Waals surface area (Å²) < 4.78 is 5.38. The monoisotopic (exact) mass is 263 g/mol. The number of hydrogen-bond donors (Lipinski definition) is 1. The number of aromatic nitrogens is 1. The van der Waals surface area contributed by atoms with Crippen molar-refractivity contribution >= 4 is 23.0 Å². The lowest BCUT2D eigenvalue weighted by Gasteiger charge is -2.29. The van der Waals surface area contributed by atoms with Crippen LogP contribution >= 0.6 is 12.2 Å². The van der Waals surface area contributed by atoms with Gasteiger partial charge in [-0.1, -0.05) is 12.2 Å². The van der Waals surface area contributed by atoms with Gasteiger partial charge in [-0.05, 0) is 30.9 Å². The predicted molar refractivity (Wildman–Crippen MR) is 75.2 cm³/mol. The molecule has 0 spiro atoms. The number of aryl methyl sites for hydroxylation is 2. The third kappa shape index (κ3) is 2.08. The molecule has 0 saturated carbocycles. The van der Waals surface area contributed by atoms with E-state index >= 15 is 0 Å². The van der Waals surface area contributed by atoms with Gasteiger partial charge in [0.1, 0.15) is 10.8 Å². The molecule has 1 fully saturated rings. The first-order chi connectivity index (χ1) is 8.75. The van der Waals surface area contributed by atoms with Gasteiger partial charge in [0.05, 0.1) is 18.8 Å². The number of thiocarbonyl (C=S) groups is 1. The highest BCUT2D eigenvalue weighted by atomic mass is 32.1. The van der Waals surface area contributed by atoms with Crippen LogP contribution in [0.4, 0.5) is 5.82 Å². The molecule has 0 amide bonds. The summed E-state index contributed by atoms with van der Waals surface area (Å²) in [4.78, 5) is 7.48. The fourth-order valence-corrected chi connectivity index (χ4v) is 2.81. The maximum Gasteiger partial charge on any atom is 0.139 e. The van der Waals surface area contributed by atoms with Crippen molar-refractivity contribution in [1.29, 1.82) is 0 Å². The van der Waals surface area contributed by atoms with E-state index in [0.29, 0.717) is 4.99 Å². The number of ether oxygens (including phenoxy) is 1. The van der Waals surface area contributed by atoms with Crippen molar-refractivity contribution in [2.24, 2.45) is 5.73 Å². The Bertz CT molecular complexity index is 483. The van der Waals surface area contributed by atoms with Crippen molar-refractivity contribution in [1.82, 2.24) is 4.98 Å². The van der Waals surface area contributed by atoms with Crippen LogP contribution in [-0.4, -0.2) is 36.3 Å². The first kappa shape index (κ1) is 11.9. The highest BCUT2D eigenvalue weighted by Gasteiger charge is 2.22. The average molecular weight is 263 g/mol.